The van der Waals surface area contributed by atoms with Crippen LogP contribution in [0.1, 0.15) is 59.1 Å². The Balaban J connectivity index is 2.29. The number of halogens is 2. The Hall–Kier alpha value is -2.24. The second-order valence-corrected chi connectivity index (χ2v) is 10.1. The zero-order valence-electron chi connectivity index (χ0n) is 20.2. The molecule has 5 nitrogen and oxygen atoms in total. The fourth-order valence-corrected chi connectivity index (χ4v) is 3.85. The first-order valence-corrected chi connectivity index (χ1v) is 12.0. The minimum absolute atomic E-state index is 0.00397. The predicted octanol–water partition coefficient (Wildman–Crippen LogP) is 6.00. The van der Waals surface area contributed by atoms with Crippen molar-refractivity contribution in [3.05, 3.63) is 63.6 Å². The summed E-state index contributed by atoms with van der Waals surface area (Å²) in [5.74, 6) is 0.0725. The normalized spacial score (nSPS) is 13.2. The monoisotopic (exact) mass is 492 g/mol. The number of amides is 2. The molecule has 1 N–H and O–H groups in total. The van der Waals surface area contributed by atoms with Crippen LogP contribution >= 0.6 is 23.2 Å². The van der Waals surface area contributed by atoms with E-state index < -0.39 is 6.04 Å². The summed E-state index contributed by atoms with van der Waals surface area (Å²) < 4.78 is 5.95. The second kappa shape index (κ2) is 11.8. The smallest absolute Gasteiger partial charge is 0.261 e. The van der Waals surface area contributed by atoms with Gasteiger partial charge in [0, 0.05) is 28.2 Å². The maximum absolute atomic E-state index is 13.3. The highest BCUT2D eigenvalue weighted by Crippen LogP contribution is 2.31. The van der Waals surface area contributed by atoms with Gasteiger partial charge in [-0.15, -0.1) is 0 Å². The Morgan fingerprint density at radius 1 is 1.03 bits per heavy atom. The minimum atomic E-state index is -0.736. The van der Waals surface area contributed by atoms with Crippen LogP contribution in [0.3, 0.4) is 0 Å². The van der Waals surface area contributed by atoms with Gasteiger partial charge in [-0.1, -0.05) is 75.2 Å². The molecule has 0 aliphatic carbocycles. The molecular weight excluding hydrogens is 459 g/mol. The Morgan fingerprint density at radius 3 is 2.21 bits per heavy atom. The summed E-state index contributed by atoms with van der Waals surface area (Å²) in [5.41, 5.74) is 1.45. The summed E-state index contributed by atoms with van der Waals surface area (Å²) in [6.07, 6.45) is 0.787. The van der Waals surface area contributed by atoms with E-state index in [-0.39, 0.29) is 36.4 Å². The molecule has 0 bridgehead atoms. The number of carbonyl (C=O) groups excluding carboxylic acids is 2. The molecular formula is C26H34Cl2N2O3. The van der Waals surface area contributed by atoms with Gasteiger partial charge in [-0.05, 0) is 49.4 Å². The van der Waals surface area contributed by atoms with Crippen molar-refractivity contribution in [1.29, 1.82) is 0 Å². The zero-order chi connectivity index (χ0) is 24.8. The van der Waals surface area contributed by atoms with Gasteiger partial charge < -0.3 is 15.0 Å². The Labute approximate surface area is 207 Å². The third-order valence-corrected chi connectivity index (χ3v) is 6.31. The largest absolute Gasteiger partial charge is 0.483 e. The average molecular weight is 493 g/mol. The lowest BCUT2D eigenvalue weighted by Gasteiger charge is -2.30. The lowest BCUT2D eigenvalue weighted by molar-refractivity contribution is -0.142. The summed E-state index contributed by atoms with van der Waals surface area (Å²) in [6, 6.07) is 12.1. The predicted molar refractivity (Wildman–Crippen MR) is 135 cm³/mol. The third kappa shape index (κ3) is 7.38. The second-order valence-electron chi connectivity index (χ2n) is 9.25. The van der Waals surface area contributed by atoms with Gasteiger partial charge in [-0.25, -0.2) is 0 Å². The van der Waals surface area contributed by atoms with E-state index in [0.29, 0.717) is 21.4 Å². The molecule has 33 heavy (non-hydrogen) atoms. The van der Waals surface area contributed by atoms with Gasteiger partial charge in [0.25, 0.3) is 5.91 Å². The number of benzene rings is 2. The number of nitrogens with one attached hydrogen (secondary N) is 1. The molecule has 0 spiro atoms. The average Bonchev–Trinajstić information content (AvgIpc) is 2.76. The number of carbonyl (C=O) groups is 2. The maximum Gasteiger partial charge on any atom is 0.261 e. The minimum Gasteiger partial charge on any atom is -0.483 e. The van der Waals surface area contributed by atoms with Crippen LogP contribution in [0.4, 0.5) is 0 Å². The number of hydrogen-bond donors (Lipinski definition) is 1. The first kappa shape index (κ1) is 27.0. The number of hydrogen-bond acceptors (Lipinski definition) is 3. The third-order valence-electron chi connectivity index (χ3n) is 5.60. The topological polar surface area (TPSA) is 58.6 Å². The van der Waals surface area contributed by atoms with Crippen LogP contribution in [0, 0.1) is 0 Å². The van der Waals surface area contributed by atoms with Crippen LogP contribution in [-0.2, 0) is 21.5 Å². The highest BCUT2D eigenvalue weighted by Gasteiger charge is 2.29. The van der Waals surface area contributed by atoms with Crippen molar-refractivity contribution >= 4 is 35.0 Å². The van der Waals surface area contributed by atoms with Gasteiger partial charge in [-0.2, -0.15) is 0 Å². The lowest BCUT2D eigenvalue weighted by atomic mass is 9.86. The van der Waals surface area contributed by atoms with Crippen LogP contribution in [0.2, 0.25) is 10.0 Å². The molecule has 7 heteroatoms. The van der Waals surface area contributed by atoms with Crippen molar-refractivity contribution in [3.8, 4) is 5.75 Å². The number of para-hydroxylation sites is 1. The van der Waals surface area contributed by atoms with Gasteiger partial charge in [0.1, 0.15) is 11.8 Å². The molecule has 0 aliphatic rings. The summed E-state index contributed by atoms with van der Waals surface area (Å²) in [6.45, 7) is 11.8. The fraction of sp³-hybridized carbons (Fsp3) is 0.462. The van der Waals surface area contributed by atoms with Crippen LogP contribution in [0.5, 0.6) is 5.75 Å². The SMILES string of the molecule is CCC(C)NC(=O)C(C)N(Cc1c(Cl)cccc1Cl)C(=O)COc1ccccc1C(C)(C)C. The Kier molecular flexibility index (Phi) is 9.62. The molecule has 2 atom stereocenters. The van der Waals surface area contributed by atoms with Crippen LogP contribution < -0.4 is 10.1 Å². The highest BCUT2D eigenvalue weighted by molar-refractivity contribution is 6.36. The van der Waals surface area contributed by atoms with Crippen LogP contribution in [-0.4, -0.2) is 35.4 Å². The molecule has 0 saturated heterocycles. The van der Waals surface area contributed by atoms with Crippen molar-refractivity contribution < 1.29 is 14.3 Å². The Morgan fingerprint density at radius 2 is 1.64 bits per heavy atom. The van der Waals surface area contributed by atoms with E-state index in [1.54, 1.807) is 25.1 Å². The molecule has 2 aromatic carbocycles. The van der Waals surface area contributed by atoms with Crippen molar-refractivity contribution in [2.75, 3.05) is 6.61 Å². The lowest BCUT2D eigenvalue weighted by Crippen LogP contribution is -2.50. The van der Waals surface area contributed by atoms with Gasteiger partial charge >= 0.3 is 0 Å². The van der Waals surface area contributed by atoms with Gasteiger partial charge in [0.15, 0.2) is 6.61 Å². The molecule has 0 radical (unpaired) electrons. The van der Waals surface area contributed by atoms with E-state index in [0.717, 1.165) is 12.0 Å². The highest BCUT2D eigenvalue weighted by atomic mass is 35.5. The Bertz CT molecular complexity index is 952. The van der Waals surface area contributed by atoms with Crippen molar-refractivity contribution in [2.45, 2.75) is 72.0 Å². The van der Waals surface area contributed by atoms with E-state index in [1.165, 1.54) is 4.90 Å². The molecule has 180 valence electrons. The van der Waals surface area contributed by atoms with Crippen molar-refractivity contribution in [2.24, 2.45) is 0 Å². The summed E-state index contributed by atoms with van der Waals surface area (Å²) in [5, 5.41) is 3.82. The maximum atomic E-state index is 13.3. The van der Waals surface area contributed by atoms with Crippen molar-refractivity contribution in [1.82, 2.24) is 10.2 Å². The van der Waals surface area contributed by atoms with E-state index in [4.69, 9.17) is 27.9 Å². The van der Waals surface area contributed by atoms with Crippen molar-refractivity contribution in [3.63, 3.8) is 0 Å². The number of ether oxygens (including phenoxy) is 1. The molecule has 0 heterocycles. The first-order valence-electron chi connectivity index (χ1n) is 11.2. The van der Waals surface area contributed by atoms with Crippen LogP contribution in [0.25, 0.3) is 0 Å². The molecule has 0 aromatic heterocycles. The van der Waals surface area contributed by atoms with Crippen LogP contribution in [0.15, 0.2) is 42.5 Å². The molecule has 2 amide bonds. The summed E-state index contributed by atoms with van der Waals surface area (Å²) in [7, 11) is 0. The molecule has 0 fully saturated rings. The first-order chi connectivity index (χ1) is 15.5. The van der Waals surface area contributed by atoms with Gasteiger partial charge in [0.2, 0.25) is 5.91 Å². The zero-order valence-corrected chi connectivity index (χ0v) is 21.8. The van der Waals surface area contributed by atoms with Gasteiger partial charge in [0.05, 0.1) is 0 Å². The molecule has 2 unspecified atom stereocenters. The number of nitrogens with zero attached hydrogens (tertiary/aromatic N) is 1. The molecule has 2 aromatic rings. The fourth-order valence-electron chi connectivity index (χ4n) is 3.34. The van der Waals surface area contributed by atoms with E-state index in [1.807, 2.05) is 38.1 Å². The summed E-state index contributed by atoms with van der Waals surface area (Å²) in [4.78, 5) is 27.7. The van der Waals surface area contributed by atoms with E-state index >= 15 is 0 Å². The van der Waals surface area contributed by atoms with E-state index in [2.05, 4.69) is 26.1 Å². The summed E-state index contributed by atoms with van der Waals surface area (Å²) >= 11 is 12.7. The quantitative estimate of drug-likeness (QED) is 0.466. The standard InChI is InChI=1S/C26H34Cl2N2O3/c1-7-17(2)29-25(32)18(3)30(15-19-21(27)12-10-13-22(19)28)24(31)16-33-23-14-9-8-11-20(23)26(4,5)6/h8-14,17-18H,7,15-16H2,1-6H3,(H,29,32). The van der Waals surface area contributed by atoms with Gasteiger partial charge in [-0.3, -0.25) is 9.59 Å². The molecule has 2 rings (SSSR count). The number of rotatable bonds is 9. The molecule has 0 saturated carbocycles. The molecule has 0 aliphatic heterocycles. The van der Waals surface area contributed by atoms with E-state index in [9.17, 15) is 9.59 Å².